The van der Waals surface area contributed by atoms with Crippen LogP contribution in [0.15, 0.2) is 41.2 Å². The highest BCUT2D eigenvalue weighted by atomic mass is 16.2. The summed E-state index contributed by atoms with van der Waals surface area (Å²) in [7, 11) is 0. The molecule has 118 valence electrons. The van der Waals surface area contributed by atoms with Crippen molar-refractivity contribution in [1.29, 1.82) is 0 Å². The number of nitrogens with zero attached hydrogens (tertiary/aromatic N) is 3. The molecule has 2 heterocycles. The summed E-state index contributed by atoms with van der Waals surface area (Å²) in [5.74, 6) is 0.406. The average molecular weight is 309 g/mol. The molecule has 0 radical (unpaired) electrons. The van der Waals surface area contributed by atoms with E-state index in [9.17, 15) is 9.59 Å². The van der Waals surface area contributed by atoms with E-state index in [4.69, 9.17) is 0 Å². The van der Waals surface area contributed by atoms with Gasteiger partial charge in [0.2, 0.25) is 5.91 Å². The Morgan fingerprint density at radius 3 is 2.39 bits per heavy atom. The Hall–Kier alpha value is -2.43. The Morgan fingerprint density at radius 1 is 1.13 bits per heavy atom. The van der Waals surface area contributed by atoms with Crippen LogP contribution in [-0.2, 0) is 17.9 Å². The SMILES string of the molecule is CC(C(=O)N1Cc2ccccc2C1)n1nc(C2CC2)ccc1=O. The summed E-state index contributed by atoms with van der Waals surface area (Å²) in [5.41, 5.74) is 3.07. The molecule has 1 aromatic heterocycles. The Bertz CT molecular complexity index is 798. The largest absolute Gasteiger partial charge is 0.332 e. The zero-order valence-electron chi connectivity index (χ0n) is 13.1. The van der Waals surface area contributed by atoms with Gasteiger partial charge in [0.05, 0.1) is 5.69 Å². The predicted molar refractivity (Wildman–Crippen MR) is 85.9 cm³/mol. The van der Waals surface area contributed by atoms with Gasteiger partial charge in [0.25, 0.3) is 5.56 Å². The highest BCUT2D eigenvalue weighted by Gasteiger charge is 2.30. The molecule has 0 saturated heterocycles. The van der Waals surface area contributed by atoms with Crippen molar-refractivity contribution in [2.45, 2.75) is 44.8 Å². The van der Waals surface area contributed by atoms with Crippen LogP contribution in [0.25, 0.3) is 0 Å². The third-order valence-electron chi connectivity index (χ3n) is 4.72. The predicted octanol–water partition coefficient (Wildman–Crippen LogP) is 2.22. The monoisotopic (exact) mass is 309 g/mol. The molecule has 2 aliphatic rings. The molecule has 1 aliphatic carbocycles. The van der Waals surface area contributed by atoms with E-state index >= 15 is 0 Å². The van der Waals surface area contributed by atoms with Gasteiger partial charge in [0.15, 0.2) is 0 Å². The molecule has 1 fully saturated rings. The van der Waals surface area contributed by atoms with E-state index in [1.165, 1.54) is 21.9 Å². The molecule has 1 saturated carbocycles. The normalized spacial score (nSPS) is 17.9. The van der Waals surface area contributed by atoms with Gasteiger partial charge in [-0.1, -0.05) is 24.3 Å². The Labute approximate surface area is 134 Å². The standard InChI is InChI=1S/C18H19N3O2/c1-12(21-17(22)9-8-16(19-21)13-6-7-13)18(23)20-10-14-4-2-3-5-15(14)11-20/h2-5,8-9,12-13H,6-7,10-11H2,1H3. The zero-order chi connectivity index (χ0) is 16.0. The van der Waals surface area contributed by atoms with Crippen LogP contribution in [0.3, 0.4) is 0 Å². The van der Waals surface area contributed by atoms with Crippen LogP contribution in [0.1, 0.15) is 48.5 Å². The zero-order valence-corrected chi connectivity index (χ0v) is 13.1. The fourth-order valence-corrected chi connectivity index (χ4v) is 3.17. The van der Waals surface area contributed by atoms with Gasteiger partial charge in [0.1, 0.15) is 6.04 Å². The first-order valence-electron chi connectivity index (χ1n) is 8.09. The molecule has 0 N–H and O–H groups in total. The molecule has 1 amide bonds. The number of carbonyl (C=O) groups excluding carboxylic acids is 1. The first kappa shape index (κ1) is 14.2. The fraction of sp³-hybridized carbons (Fsp3) is 0.389. The lowest BCUT2D eigenvalue weighted by Gasteiger charge is -2.21. The van der Waals surface area contributed by atoms with Gasteiger partial charge in [-0.2, -0.15) is 5.10 Å². The Balaban J connectivity index is 1.58. The van der Waals surface area contributed by atoms with Crippen LogP contribution in [0.4, 0.5) is 0 Å². The molecule has 5 nitrogen and oxygen atoms in total. The second kappa shape index (κ2) is 5.33. The molecular formula is C18H19N3O2. The number of rotatable bonds is 3. The topological polar surface area (TPSA) is 55.2 Å². The van der Waals surface area contributed by atoms with Crippen LogP contribution in [0, 0.1) is 0 Å². The lowest BCUT2D eigenvalue weighted by molar-refractivity contribution is -0.135. The van der Waals surface area contributed by atoms with E-state index in [1.54, 1.807) is 17.9 Å². The van der Waals surface area contributed by atoms with Gasteiger partial charge < -0.3 is 4.90 Å². The number of aromatic nitrogens is 2. The molecule has 1 aromatic carbocycles. The van der Waals surface area contributed by atoms with Gasteiger partial charge >= 0.3 is 0 Å². The molecule has 5 heteroatoms. The van der Waals surface area contributed by atoms with Crippen molar-refractivity contribution in [3.05, 3.63) is 63.6 Å². The highest BCUT2D eigenvalue weighted by molar-refractivity contribution is 5.80. The minimum Gasteiger partial charge on any atom is -0.332 e. The van der Waals surface area contributed by atoms with Gasteiger partial charge in [-0.3, -0.25) is 9.59 Å². The van der Waals surface area contributed by atoms with E-state index in [0.29, 0.717) is 19.0 Å². The summed E-state index contributed by atoms with van der Waals surface area (Å²) in [6, 6.07) is 10.8. The van der Waals surface area contributed by atoms with Crippen LogP contribution < -0.4 is 5.56 Å². The molecule has 4 rings (SSSR count). The summed E-state index contributed by atoms with van der Waals surface area (Å²) >= 11 is 0. The van der Waals surface area contributed by atoms with Crippen molar-refractivity contribution in [3.8, 4) is 0 Å². The van der Waals surface area contributed by atoms with Gasteiger partial charge in [-0.25, -0.2) is 4.68 Å². The summed E-state index contributed by atoms with van der Waals surface area (Å²) in [6.07, 6.45) is 2.24. The summed E-state index contributed by atoms with van der Waals surface area (Å²) in [6.45, 7) is 2.98. The molecule has 0 spiro atoms. The minimum absolute atomic E-state index is 0.0521. The van der Waals surface area contributed by atoms with E-state index in [0.717, 1.165) is 18.5 Å². The van der Waals surface area contributed by atoms with Gasteiger partial charge in [0, 0.05) is 25.1 Å². The van der Waals surface area contributed by atoms with Crippen LogP contribution in [0.2, 0.25) is 0 Å². The van der Waals surface area contributed by atoms with Crippen molar-refractivity contribution < 1.29 is 4.79 Å². The maximum Gasteiger partial charge on any atom is 0.267 e. The third kappa shape index (κ3) is 2.56. The van der Waals surface area contributed by atoms with Crippen LogP contribution in [0.5, 0.6) is 0 Å². The lowest BCUT2D eigenvalue weighted by atomic mass is 10.1. The second-order valence-electron chi connectivity index (χ2n) is 6.45. The number of hydrogen-bond donors (Lipinski definition) is 0. The van der Waals surface area contributed by atoms with Crippen molar-refractivity contribution in [3.63, 3.8) is 0 Å². The summed E-state index contributed by atoms with van der Waals surface area (Å²) in [4.78, 5) is 26.7. The lowest BCUT2D eigenvalue weighted by Crippen LogP contribution is -2.37. The van der Waals surface area contributed by atoms with Crippen LogP contribution in [-0.4, -0.2) is 20.6 Å². The van der Waals surface area contributed by atoms with Crippen molar-refractivity contribution in [2.75, 3.05) is 0 Å². The maximum absolute atomic E-state index is 12.8. The first-order valence-corrected chi connectivity index (χ1v) is 8.09. The molecule has 2 aromatic rings. The molecule has 1 aliphatic heterocycles. The van der Waals surface area contributed by atoms with Crippen molar-refractivity contribution in [1.82, 2.24) is 14.7 Å². The van der Waals surface area contributed by atoms with Gasteiger partial charge in [-0.05, 0) is 37.0 Å². The second-order valence-corrected chi connectivity index (χ2v) is 6.45. The van der Waals surface area contributed by atoms with E-state index < -0.39 is 6.04 Å². The highest BCUT2D eigenvalue weighted by Crippen LogP contribution is 2.38. The fourth-order valence-electron chi connectivity index (χ4n) is 3.17. The molecule has 1 atom stereocenters. The Morgan fingerprint density at radius 2 is 1.78 bits per heavy atom. The molecule has 1 unspecified atom stereocenters. The van der Waals surface area contributed by atoms with E-state index in [-0.39, 0.29) is 11.5 Å². The summed E-state index contributed by atoms with van der Waals surface area (Å²) < 4.78 is 1.35. The first-order chi connectivity index (χ1) is 11.1. The molecule has 0 bridgehead atoms. The van der Waals surface area contributed by atoms with E-state index in [1.807, 2.05) is 24.3 Å². The number of carbonyl (C=O) groups is 1. The maximum atomic E-state index is 12.8. The number of fused-ring (bicyclic) bond motifs is 1. The Kier molecular flexibility index (Phi) is 3.29. The minimum atomic E-state index is -0.574. The molecular weight excluding hydrogens is 290 g/mol. The number of hydrogen-bond acceptors (Lipinski definition) is 3. The van der Waals surface area contributed by atoms with Crippen LogP contribution >= 0.6 is 0 Å². The van der Waals surface area contributed by atoms with E-state index in [2.05, 4.69) is 5.10 Å². The number of benzene rings is 1. The quantitative estimate of drug-likeness (QED) is 0.873. The van der Waals surface area contributed by atoms with Crippen molar-refractivity contribution >= 4 is 5.91 Å². The third-order valence-corrected chi connectivity index (χ3v) is 4.72. The smallest absolute Gasteiger partial charge is 0.267 e. The summed E-state index contributed by atoms with van der Waals surface area (Å²) in [5, 5.41) is 4.43. The molecule has 23 heavy (non-hydrogen) atoms. The average Bonchev–Trinajstić information content (AvgIpc) is 3.32. The van der Waals surface area contributed by atoms with Crippen molar-refractivity contribution in [2.24, 2.45) is 0 Å². The number of amides is 1. The van der Waals surface area contributed by atoms with Gasteiger partial charge in [-0.15, -0.1) is 0 Å².